The number of carbonyl (C=O) groups excluding carboxylic acids is 1. The third kappa shape index (κ3) is 4.90. The highest BCUT2D eigenvalue weighted by atomic mass is 35.5. The van der Waals surface area contributed by atoms with Gasteiger partial charge in [0, 0.05) is 28.4 Å². The van der Waals surface area contributed by atoms with Gasteiger partial charge in [-0.25, -0.2) is 4.98 Å². The molecule has 0 spiro atoms. The highest BCUT2D eigenvalue weighted by molar-refractivity contribution is 6.30. The Morgan fingerprint density at radius 1 is 1.06 bits per heavy atom. The summed E-state index contributed by atoms with van der Waals surface area (Å²) >= 11 is 5.96. The topological polar surface area (TPSA) is 59.8 Å². The number of alkyl halides is 3. The third-order valence-electron chi connectivity index (χ3n) is 4.78. The van der Waals surface area contributed by atoms with Crippen molar-refractivity contribution >= 4 is 17.5 Å². The molecule has 0 aliphatic rings. The van der Waals surface area contributed by atoms with Crippen LogP contribution in [-0.4, -0.2) is 32.4 Å². The molecule has 31 heavy (non-hydrogen) atoms. The van der Waals surface area contributed by atoms with Crippen LogP contribution in [0.1, 0.15) is 44.1 Å². The molecule has 2 aromatic heterocycles. The Hall–Kier alpha value is -2.87. The number of hydrogen-bond acceptors (Lipinski definition) is 3. The molecule has 0 saturated heterocycles. The largest absolute Gasteiger partial charge is 0.410 e. The van der Waals surface area contributed by atoms with Gasteiger partial charge in [-0.2, -0.15) is 18.3 Å². The van der Waals surface area contributed by atoms with Crippen LogP contribution in [0.15, 0.2) is 48.7 Å². The number of halogens is 4. The fourth-order valence-corrected chi connectivity index (χ4v) is 3.04. The number of rotatable bonds is 5. The summed E-state index contributed by atoms with van der Waals surface area (Å²) in [6.07, 6.45) is -2.99. The van der Waals surface area contributed by atoms with Crippen molar-refractivity contribution in [3.63, 3.8) is 0 Å². The quantitative estimate of drug-likeness (QED) is 0.525. The number of benzene rings is 1. The molecule has 0 unspecified atom stereocenters. The van der Waals surface area contributed by atoms with E-state index >= 15 is 0 Å². The normalized spacial score (nSPS) is 12.3. The lowest BCUT2D eigenvalue weighted by Gasteiger charge is -2.29. The van der Waals surface area contributed by atoms with Crippen LogP contribution >= 0.6 is 11.6 Å². The summed E-state index contributed by atoms with van der Waals surface area (Å²) in [5.74, 6) is -0.850. The molecule has 2 heterocycles. The van der Waals surface area contributed by atoms with Crippen LogP contribution in [0.2, 0.25) is 5.02 Å². The first-order chi connectivity index (χ1) is 14.4. The van der Waals surface area contributed by atoms with Crippen molar-refractivity contribution in [3.8, 4) is 22.6 Å². The average Bonchev–Trinajstić information content (AvgIpc) is 3.17. The van der Waals surface area contributed by atoms with E-state index in [-0.39, 0.29) is 11.6 Å². The molecule has 0 atom stereocenters. The number of carbonyl (C=O) groups is 1. The van der Waals surface area contributed by atoms with Crippen LogP contribution in [-0.2, 0) is 0 Å². The van der Waals surface area contributed by atoms with E-state index in [1.807, 2.05) is 13.8 Å². The van der Waals surface area contributed by atoms with Gasteiger partial charge < -0.3 is 5.32 Å². The number of nitrogens with zero attached hydrogens (tertiary/aromatic N) is 3. The van der Waals surface area contributed by atoms with E-state index in [4.69, 9.17) is 11.6 Å². The minimum atomic E-state index is -4.60. The van der Waals surface area contributed by atoms with Crippen molar-refractivity contribution in [2.75, 3.05) is 0 Å². The first kappa shape index (κ1) is 22.8. The van der Waals surface area contributed by atoms with E-state index < -0.39 is 17.6 Å². The van der Waals surface area contributed by atoms with E-state index in [9.17, 15) is 18.0 Å². The van der Waals surface area contributed by atoms with Crippen molar-refractivity contribution in [2.24, 2.45) is 0 Å². The van der Waals surface area contributed by atoms with Gasteiger partial charge in [0.15, 0.2) is 0 Å². The smallest absolute Gasteiger partial charge is 0.338 e. The average molecular weight is 451 g/mol. The zero-order valence-corrected chi connectivity index (χ0v) is 18.2. The van der Waals surface area contributed by atoms with E-state index in [0.29, 0.717) is 27.7 Å². The molecule has 164 valence electrons. The Balaban J connectivity index is 2.12. The van der Waals surface area contributed by atoms with Crippen molar-refractivity contribution in [1.29, 1.82) is 0 Å². The SMILES string of the molecule is CC(C)n1nccc1-c1cc(C(=O)NC(C)(C)C(F)(F)F)cc(-c2ccc(Cl)cc2)n1. The predicted molar refractivity (Wildman–Crippen MR) is 114 cm³/mol. The standard InChI is InChI=1S/C22H22ClF3N4O/c1-13(2)30-19(9-10-27-30)18-12-15(20(31)29-21(3,4)22(24,25)26)11-17(28-18)14-5-7-16(23)8-6-14/h5-13H,1-4H3,(H,29,31). The van der Waals surface area contributed by atoms with Crippen LogP contribution in [0.4, 0.5) is 13.2 Å². The van der Waals surface area contributed by atoms with E-state index in [1.165, 1.54) is 12.1 Å². The van der Waals surface area contributed by atoms with Gasteiger partial charge in [-0.3, -0.25) is 9.48 Å². The Labute approximate surface area is 183 Å². The van der Waals surface area contributed by atoms with Gasteiger partial charge in [-0.15, -0.1) is 0 Å². The summed E-state index contributed by atoms with van der Waals surface area (Å²) in [7, 11) is 0. The molecule has 5 nitrogen and oxygen atoms in total. The Bertz CT molecular complexity index is 1090. The van der Waals surface area contributed by atoms with Crippen LogP contribution < -0.4 is 5.32 Å². The molecular weight excluding hydrogens is 429 g/mol. The van der Waals surface area contributed by atoms with E-state index in [0.717, 1.165) is 13.8 Å². The first-order valence-electron chi connectivity index (χ1n) is 9.60. The van der Waals surface area contributed by atoms with Gasteiger partial charge >= 0.3 is 6.18 Å². The van der Waals surface area contributed by atoms with E-state index in [2.05, 4.69) is 15.4 Å². The maximum atomic E-state index is 13.3. The summed E-state index contributed by atoms with van der Waals surface area (Å²) in [5.41, 5.74) is -0.160. The monoisotopic (exact) mass is 450 g/mol. The van der Waals surface area contributed by atoms with Crippen LogP contribution in [0.3, 0.4) is 0 Å². The molecule has 9 heteroatoms. The molecule has 0 aliphatic carbocycles. The lowest BCUT2D eigenvalue weighted by Crippen LogP contribution is -2.54. The van der Waals surface area contributed by atoms with Crippen molar-refractivity contribution in [1.82, 2.24) is 20.1 Å². The molecule has 3 aromatic rings. The molecule has 1 N–H and O–H groups in total. The molecule has 0 saturated carbocycles. The van der Waals surface area contributed by atoms with Crippen molar-refractivity contribution in [2.45, 2.75) is 45.5 Å². The fourth-order valence-electron chi connectivity index (χ4n) is 2.92. The number of hydrogen-bond donors (Lipinski definition) is 1. The number of nitrogens with one attached hydrogen (secondary N) is 1. The zero-order chi connectivity index (χ0) is 23.0. The van der Waals surface area contributed by atoms with Crippen molar-refractivity contribution in [3.05, 3.63) is 59.2 Å². The summed E-state index contributed by atoms with van der Waals surface area (Å²) < 4.78 is 41.6. The second kappa shape index (κ2) is 8.34. The number of pyridine rings is 1. The minimum Gasteiger partial charge on any atom is -0.338 e. The maximum Gasteiger partial charge on any atom is 0.410 e. The second-order valence-corrected chi connectivity index (χ2v) is 8.40. The Morgan fingerprint density at radius 2 is 1.68 bits per heavy atom. The van der Waals surface area contributed by atoms with Gasteiger partial charge in [0.1, 0.15) is 5.54 Å². The van der Waals surface area contributed by atoms with Gasteiger partial charge in [0.05, 0.1) is 17.1 Å². The summed E-state index contributed by atoms with van der Waals surface area (Å²) in [5, 5.41) is 6.89. The highest BCUT2D eigenvalue weighted by Crippen LogP contribution is 2.31. The minimum absolute atomic E-state index is 0.0208. The van der Waals surface area contributed by atoms with Crippen LogP contribution in [0, 0.1) is 0 Å². The van der Waals surface area contributed by atoms with Crippen LogP contribution in [0.5, 0.6) is 0 Å². The Morgan fingerprint density at radius 3 is 2.26 bits per heavy atom. The zero-order valence-electron chi connectivity index (χ0n) is 17.5. The van der Waals surface area contributed by atoms with E-state index in [1.54, 1.807) is 41.2 Å². The molecule has 3 rings (SSSR count). The third-order valence-corrected chi connectivity index (χ3v) is 5.04. The molecule has 1 aromatic carbocycles. The molecule has 0 radical (unpaired) electrons. The molecule has 0 bridgehead atoms. The second-order valence-electron chi connectivity index (χ2n) is 7.96. The number of aromatic nitrogens is 3. The maximum absolute atomic E-state index is 13.3. The van der Waals surface area contributed by atoms with Gasteiger partial charge in [-0.1, -0.05) is 23.7 Å². The fraction of sp³-hybridized carbons (Fsp3) is 0.318. The summed E-state index contributed by atoms with van der Waals surface area (Å²) in [6, 6.07) is 11.5. The molecule has 0 fully saturated rings. The van der Waals surface area contributed by atoms with Gasteiger partial charge in [-0.05, 0) is 58.0 Å². The summed E-state index contributed by atoms with van der Waals surface area (Å²) in [6.45, 7) is 5.72. The number of amides is 1. The van der Waals surface area contributed by atoms with Gasteiger partial charge in [0.2, 0.25) is 0 Å². The predicted octanol–water partition coefficient (Wildman–Crippen LogP) is 5.92. The highest BCUT2D eigenvalue weighted by Gasteiger charge is 2.48. The molecular formula is C22H22ClF3N4O. The lowest BCUT2D eigenvalue weighted by molar-refractivity contribution is -0.182. The van der Waals surface area contributed by atoms with Crippen LogP contribution in [0.25, 0.3) is 22.6 Å². The molecule has 0 aliphatic heterocycles. The van der Waals surface area contributed by atoms with Crippen molar-refractivity contribution < 1.29 is 18.0 Å². The molecule has 1 amide bonds. The summed E-state index contributed by atoms with van der Waals surface area (Å²) in [4.78, 5) is 17.4. The van der Waals surface area contributed by atoms with Gasteiger partial charge in [0.25, 0.3) is 5.91 Å². The first-order valence-corrected chi connectivity index (χ1v) is 9.98. The lowest BCUT2D eigenvalue weighted by atomic mass is 10.0. The Kier molecular flexibility index (Phi) is 6.14.